The Kier molecular flexibility index (Phi) is 4.96. The maximum Gasteiger partial charge on any atom is 0.233 e. The summed E-state index contributed by atoms with van der Waals surface area (Å²) in [6.07, 6.45) is 0. The van der Waals surface area contributed by atoms with Crippen molar-refractivity contribution in [2.24, 2.45) is 0 Å². The number of halogens is 1. The van der Waals surface area contributed by atoms with Gasteiger partial charge in [-0.25, -0.2) is 9.37 Å². The van der Waals surface area contributed by atoms with Crippen molar-refractivity contribution in [1.29, 1.82) is 0 Å². The minimum atomic E-state index is -0.332. The molecule has 4 aromatic rings. The Hall–Kier alpha value is -3.20. The molecule has 0 spiro atoms. The number of carbonyl (C=O) groups is 1. The van der Waals surface area contributed by atoms with Crippen LogP contribution in [-0.4, -0.2) is 62.9 Å². The van der Waals surface area contributed by atoms with Gasteiger partial charge in [0.15, 0.2) is 5.65 Å². The maximum atomic E-state index is 13.5. The van der Waals surface area contributed by atoms with Gasteiger partial charge in [0.1, 0.15) is 11.3 Å². The normalized spacial score (nSPS) is 14.6. The molecule has 152 valence electrons. The third-order valence-corrected chi connectivity index (χ3v) is 6.06. The number of carbonyl (C=O) groups excluding carboxylic acids is 1. The van der Waals surface area contributed by atoms with E-state index in [9.17, 15) is 9.18 Å². The van der Waals surface area contributed by atoms with E-state index in [-0.39, 0.29) is 17.5 Å². The lowest BCUT2D eigenvalue weighted by Crippen LogP contribution is -2.49. The molecule has 1 aliphatic rings. The molecule has 1 amide bonds. The smallest absolute Gasteiger partial charge is 0.233 e. The molecule has 5 rings (SSSR count). The molecule has 30 heavy (non-hydrogen) atoms. The first-order valence-electron chi connectivity index (χ1n) is 9.69. The number of nitrogens with one attached hydrogen (secondary N) is 1. The van der Waals surface area contributed by atoms with Gasteiger partial charge < -0.3 is 14.8 Å². The molecule has 1 saturated heterocycles. The van der Waals surface area contributed by atoms with Gasteiger partial charge in [0.2, 0.25) is 11.1 Å². The third kappa shape index (κ3) is 3.68. The summed E-state index contributed by atoms with van der Waals surface area (Å²) in [4.78, 5) is 24.4. The summed E-state index contributed by atoms with van der Waals surface area (Å²) in [5.74, 6) is -0.00959. The fourth-order valence-corrected chi connectivity index (χ4v) is 4.35. The van der Waals surface area contributed by atoms with Gasteiger partial charge in [-0.3, -0.25) is 4.79 Å². The Balaban J connectivity index is 1.21. The van der Waals surface area contributed by atoms with Crippen LogP contribution < -0.4 is 4.90 Å². The second kappa shape index (κ2) is 7.91. The van der Waals surface area contributed by atoms with Crippen LogP contribution in [0.15, 0.2) is 53.7 Å². The molecule has 2 aromatic carbocycles. The third-order valence-electron chi connectivity index (χ3n) is 5.24. The van der Waals surface area contributed by atoms with Crippen molar-refractivity contribution in [3.8, 4) is 0 Å². The highest BCUT2D eigenvalue weighted by Gasteiger charge is 2.21. The number of rotatable bonds is 4. The number of thioether (sulfide) groups is 1. The van der Waals surface area contributed by atoms with Crippen molar-refractivity contribution < 1.29 is 9.18 Å². The molecule has 0 atom stereocenters. The summed E-state index contributed by atoms with van der Waals surface area (Å²) < 4.78 is 13.5. The van der Waals surface area contributed by atoms with E-state index in [0.29, 0.717) is 34.8 Å². The number of piperazine rings is 1. The predicted octanol–water partition coefficient (Wildman–Crippen LogP) is 3.09. The molecular formula is C21H19FN6OS. The maximum absolute atomic E-state index is 13.5. The number of H-pyrrole nitrogens is 1. The molecule has 0 bridgehead atoms. The summed E-state index contributed by atoms with van der Waals surface area (Å²) >= 11 is 1.26. The Morgan fingerprint density at radius 1 is 1.07 bits per heavy atom. The average molecular weight is 422 g/mol. The number of hydrogen-bond acceptors (Lipinski definition) is 6. The van der Waals surface area contributed by atoms with E-state index in [1.165, 1.54) is 29.6 Å². The standard InChI is InChI=1S/C21H19FN6OS/c22-14-6-7-17-16(12-14)19-20(23-17)24-21(26-25-19)30-13-18(29)28-10-8-27(9-11-28)15-4-2-1-3-5-15/h1-7,12H,8-11,13H2,(H,23,24,26). The zero-order valence-electron chi connectivity index (χ0n) is 16.1. The summed E-state index contributed by atoms with van der Waals surface area (Å²) in [5, 5.41) is 9.36. The van der Waals surface area contributed by atoms with Gasteiger partial charge in [0.25, 0.3) is 0 Å². The van der Waals surface area contributed by atoms with E-state index in [2.05, 4.69) is 37.2 Å². The highest BCUT2D eigenvalue weighted by molar-refractivity contribution is 7.99. The van der Waals surface area contributed by atoms with Crippen LogP contribution in [-0.2, 0) is 4.79 Å². The number of benzene rings is 2. The van der Waals surface area contributed by atoms with Crippen LogP contribution in [0, 0.1) is 5.82 Å². The molecule has 1 aliphatic heterocycles. The minimum absolute atomic E-state index is 0.0649. The summed E-state index contributed by atoms with van der Waals surface area (Å²) in [7, 11) is 0. The molecule has 0 radical (unpaired) electrons. The summed E-state index contributed by atoms with van der Waals surface area (Å²) in [6, 6.07) is 14.7. The molecule has 0 saturated carbocycles. The van der Waals surface area contributed by atoms with Gasteiger partial charge in [-0.1, -0.05) is 30.0 Å². The van der Waals surface area contributed by atoms with Crippen molar-refractivity contribution in [1.82, 2.24) is 25.1 Å². The Morgan fingerprint density at radius 3 is 2.67 bits per heavy atom. The number of aromatic nitrogens is 4. The monoisotopic (exact) mass is 422 g/mol. The van der Waals surface area contributed by atoms with Crippen LogP contribution in [0.3, 0.4) is 0 Å². The zero-order valence-corrected chi connectivity index (χ0v) is 16.9. The van der Waals surface area contributed by atoms with Crippen molar-refractivity contribution in [3.05, 3.63) is 54.3 Å². The minimum Gasteiger partial charge on any atom is -0.368 e. The zero-order chi connectivity index (χ0) is 20.5. The first-order chi connectivity index (χ1) is 14.7. The highest BCUT2D eigenvalue weighted by Crippen LogP contribution is 2.24. The van der Waals surface area contributed by atoms with Gasteiger partial charge >= 0.3 is 0 Å². The van der Waals surface area contributed by atoms with E-state index in [1.807, 2.05) is 23.1 Å². The van der Waals surface area contributed by atoms with Crippen molar-refractivity contribution in [2.75, 3.05) is 36.8 Å². The number of fused-ring (bicyclic) bond motifs is 3. The molecule has 0 unspecified atom stereocenters. The molecule has 2 aromatic heterocycles. The molecule has 1 fully saturated rings. The van der Waals surface area contributed by atoms with E-state index < -0.39 is 0 Å². The van der Waals surface area contributed by atoms with Gasteiger partial charge in [-0.05, 0) is 30.3 Å². The topological polar surface area (TPSA) is 78.0 Å². The van der Waals surface area contributed by atoms with Gasteiger partial charge in [0, 0.05) is 42.8 Å². The average Bonchev–Trinajstić information content (AvgIpc) is 3.15. The molecule has 9 heteroatoms. The number of anilines is 1. The van der Waals surface area contributed by atoms with Crippen molar-refractivity contribution >= 4 is 45.4 Å². The van der Waals surface area contributed by atoms with Crippen LogP contribution >= 0.6 is 11.8 Å². The van der Waals surface area contributed by atoms with E-state index in [4.69, 9.17) is 0 Å². The lowest BCUT2D eigenvalue weighted by molar-refractivity contribution is -0.128. The largest absolute Gasteiger partial charge is 0.368 e. The van der Waals surface area contributed by atoms with Crippen molar-refractivity contribution in [2.45, 2.75) is 5.16 Å². The molecule has 1 N–H and O–H groups in total. The Bertz CT molecular complexity index is 1210. The number of nitrogens with zero attached hydrogens (tertiary/aromatic N) is 5. The summed E-state index contributed by atoms with van der Waals surface area (Å²) in [6.45, 7) is 3.02. The van der Waals surface area contributed by atoms with Gasteiger partial charge in [-0.2, -0.15) is 0 Å². The lowest BCUT2D eigenvalue weighted by atomic mass is 10.2. The number of hydrogen-bond donors (Lipinski definition) is 1. The van der Waals surface area contributed by atoms with E-state index in [1.54, 1.807) is 6.07 Å². The summed E-state index contributed by atoms with van der Waals surface area (Å²) in [5.41, 5.74) is 3.00. The Morgan fingerprint density at radius 2 is 1.87 bits per heavy atom. The molecule has 3 heterocycles. The van der Waals surface area contributed by atoms with Crippen LogP contribution in [0.4, 0.5) is 10.1 Å². The second-order valence-corrected chi connectivity index (χ2v) is 8.04. The SMILES string of the molecule is O=C(CSc1nnc2c(n1)[nH]c1ccc(F)cc12)N1CCN(c2ccccc2)CC1. The van der Waals surface area contributed by atoms with Crippen LogP contribution in [0.2, 0.25) is 0 Å². The second-order valence-electron chi connectivity index (χ2n) is 7.10. The molecule has 7 nitrogen and oxygen atoms in total. The molecule has 0 aliphatic carbocycles. The lowest BCUT2D eigenvalue weighted by Gasteiger charge is -2.36. The quantitative estimate of drug-likeness (QED) is 0.509. The van der Waals surface area contributed by atoms with Gasteiger partial charge in [0.05, 0.1) is 5.75 Å². The highest BCUT2D eigenvalue weighted by atomic mass is 32.2. The van der Waals surface area contributed by atoms with Crippen molar-refractivity contribution in [3.63, 3.8) is 0 Å². The predicted molar refractivity (Wildman–Crippen MR) is 115 cm³/mol. The van der Waals surface area contributed by atoms with E-state index >= 15 is 0 Å². The molecular weight excluding hydrogens is 403 g/mol. The fraction of sp³-hybridized carbons (Fsp3) is 0.238. The van der Waals surface area contributed by atoms with E-state index in [0.717, 1.165) is 18.6 Å². The first-order valence-corrected chi connectivity index (χ1v) is 10.7. The first kappa shape index (κ1) is 18.8. The van der Waals surface area contributed by atoms with Crippen LogP contribution in [0.25, 0.3) is 22.1 Å². The van der Waals surface area contributed by atoms with Crippen LogP contribution in [0.5, 0.6) is 0 Å². The fourth-order valence-electron chi connectivity index (χ4n) is 3.66. The number of amides is 1. The number of para-hydroxylation sites is 1. The van der Waals surface area contributed by atoms with Crippen LogP contribution in [0.1, 0.15) is 0 Å². The van der Waals surface area contributed by atoms with Gasteiger partial charge in [-0.15, -0.1) is 10.2 Å². The number of aromatic amines is 1. The Labute approximate surface area is 176 Å².